The van der Waals surface area contributed by atoms with Gasteiger partial charge in [0.2, 0.25) is 0 Å². The standard InChI is InChI=1S/C22H20N2O3/c1-2-3-4-5-20-14-21(24-27-20)17-10-12-19(13-11-17)26-22(25)18-8-6-16(15-23)7-9-18/h6-14H,2-5H2,1H3. The molecule has 1 heterocycles. The molecule has 0 N–H and O–H groups in total. The lowest BCUT2D eigenvalue weighted by Crippen LogP contribution is -2.08. The lowest BCUT2D eigenvalue weighted by molar-refractivity contribution is 0.0735. The first kappa shape index (κ1) is 18.4. The van der Waals surface area contributed by atoms with E-state index in [1.807, 2.05) is 24.3 Å². The minimum absolute atomic E-state index is 0.395. The molecule has 0 atom stereocenters. The van der Waals surface area contributed by atoms with E-state index in [0.717, 1.165) is 29.9 Å². The molecule has 0 saturated carbocycles. The summed E-state index contributed by atoms with van der Waals surface area (Å²) < 4.78 is 10.7. The zero-order chi connectivity index (χ0) is 19.1. The molecule has 0 amide bonds. The topological polar surface area (TPSA) is 76.1 Å². The molecular weight excluding hydrogens is 340 g/mol. The van der Waals surface area contributed by atoms with Gasteiger partial charge in [0.25, 0.3) is 0 Å². The van der Waals surface area contributed by atoms with Crippen LogP contribution in [0.3, 0.4) is 0 Å². The van der Waals surface area contributed by atoms with Gasteiger partial charge in [-0.25, -0.2) is 4.79 Å². The predicted octanol–water partition coefficient (Wildman–Crippen LogP) is 5.17. The smallest absolute Gasteiger partial charge is 0.343 e. The highest BCUT2D eigenvalue weighted by Crippen LogP contribution is 2.23. The first-order valence-corrected chi connectivity index (χ1v) is 8.98. The summed E-state index contributed by atoms with van der Waals surface area (Å²) in [7, 11) is 0. The van der Waals surface area contributed by atoms with E-state index in [4.69, 9.17) is 14.5 Å². The SMILES string of the molecule is CCCCCc1cc(-c2ccc(OC(=O)c3ccc(C#N)cc3)cc2)no1. The fourth-order valence-electron chi connectivity index (χ4n) is 2.66. The van der Waals surface area contributed by atoms with Crippen LogP contribution in [0.5, 0.6) is 5.75 Å². The molecule has 27 heavy (non-hydrogen) atoms. The molecule has 0 aliphatic heterocycles. The Kier molecular flexibility index (Phi) is 6.01. The van der Waals surface area contributed by atoms with E-state index in [1.165, 1.54) is 12.8 Å². The number of carbonyl (C=O) groups is 1. The second kappa shape index (κ2) is 8.81. The van der Waals surface area contributed by atoms with Gasteiger partial charge >= 0.3 is 5.97 Å². The molecule has 0 saturated heterocycles. The van der Waals surface area contributed by atoms with E-state index in [1.54, 1.807) is 36.4 Å². The Balaban J connectivity index is 1.63. The van der Waals surface area contributed by atoms with E-state index in [-0.39, 0.29) is 0 Å². The normalized spacial score (nSPS) is 10.4. The Morgan fingerprint density at radius 2 is 1.85 bits per heavy atom. The molecule has 3 aromatic rings. The molecule has 0 bridgehead atoms. The number of benzene rings is 2. The number of carbonyl (C=O) groups excluding carboxylic acids is 1. The van der Waals surface area contributed by atoms with Crippen LogP contribution >= 0.6 is 0 Å². The quantitative estimate of drug-likeness (QED) is 0.330. The Morgan fingerprint density at radius 1 is 1.11 bits per heavy atom. The average Bonchev–Trinajstić information content (AvgIpc) is 3.18. The highest BCUT2D eigenvalue weighted by atomic mass is 16.5. The van der Waals surface area contributed by atoms with Crippen LogP contribution in [0.4, 0.5) is 0 Å². The van der Waals surface area contributed by atoms with Crippen molar-refractivity contribution in [3.05, 3.63) is 71.5 Å². The van der Waals surface area contributed by atoms with Crippen LogP contribution < -0.4 is 4.74 Å². The van der Waals surface area contributed by atoms with E-state index in [0.29, 0.717) is 16.9 Å². The summed E-state index contributed by atoms with van der Waals surface area (Å²) in [6.07, 6.45) is 4.33. The molecular formula is C22H20N2O3. The van der Waals surface area contributed by atoms with E-state index >= 15 is 0 Å². The summed E-state index contributed by atoms with van der Waals surface area (Å²) >= 11 is 0. The second-order valence-electron chi connectivity index (χ2n) is 6.24. The molecule has 136 valence electrons. The number of ether oxygens (including phenoxy) is 1. The van der Waals surface area contributed by atoms with Gasteiger partial charge in [0, 0.05) is 18.1 Å². The number of aryl methyl sites for hydroxylation is 1. The zero-order valence-corrected chi connectivity index (χ0v) is 15.1. The summed E-state index contributed by atoms with van der Waals surface area (Å²) in [4.78, 5) is 12.2. The van der Waals surface area contributed by atoms with Crippen molar-refractivity contribution in [2.75, 3.05) is 0 Å². The van der Waals surface area contributed by atoms with Gasteiger partial charge in [-0.05, 0) is 55.0 Å². The van der Waals surface area contributed by atoms with E-state index < -0.39 is 5.97 Å². The summed E-state index contributed by atoms with van der Waals surface area (Å²) in [6, 6.07) is 17.4. The number of esters is 1. The van der Waals surface area contributed by atoms with Gasteiger partial charge in [0.05, 0.1) is 17.2 Å². The maximum absolute atomic E-state index is 12.2. The maximum atomic E-state index is 12.2. The largest absolute Gasteiger partial charge is 0.423 e. The zero-order valence-electron chi connectivity index (χ0n) is 15.1. The predicted molar refractivity (Wildman–Crippen MR) is 101 cm³/mol. The number of rotatable bonds is 7. The molecule has 0 unspecified atom stereocenters. The molecule has 0 radical (unpaired) electrons. The summed E-state index contributed by atoms with van der Waals surface area (Å²) in [5.74, 6) is 0.862. The Labute approximate surface area is 158 Å². The first-order chi connectivity index (χ1) is 13.2. The van der Waals surface area contributed by atoms with Gasteiger partial charge in [0.15, 0.2) is 0 Å². The molecule has 5 nitrogen and oxygen atoms in total. The van der Waals surface area contributed by atoms with Crippen molar-refractivity contribution < 1.29 is 14.1 Å². The fraction of sp³-hybridized carbons (Fsp3) is 0.227. The molecule has 3 rings (SSSR count). The summed E-state index contributed by atoms with van der Waals surface area (Å²) in [5, 5.41) is 12.9. The van der Waals surface area contributed by atoms with Crippen LogP contribution in [0.1, 0.15) is 47.9 Å². The van der Waals surface area contributed by atoms with Gasteiger partial charge in [-0.15, -0.1) is 0 Å². The van der Waals surface area contributed by atoms with Gasteiger partial charge < -0.3 is 9.26 Å². The Morgan fingerprint density at radius 3 is 2.52 bits per heavy atom. The lowest BCUT2D eigenvalue weighted by atomic mass is 10.1. The number of nitrogens with zero attached hydrogens (tertiary/aromatic N) is 2. The monoisotopic (exact) mass is 360 g/mol. The molecule has 0 aliphatic rings. The molecule has 1 aromatic heterocycles. The highest BCUT2D eigenvalue weighted by molar-refractivity contribution is 5.91. The lowest BCUT2D eigenvalue weighted by Gasteiger charge is -2.05. The molecule has 0 spiro atoms. The number of unbranched alkanes of at least 4 members (excludes halogenated alkanes) is 2. The number of hydrogen-bond donors (Lipinski definition) is 0. The van der Waals surface area contributed by atoms with Crippen LogP contribution in [-0.2, 0) is 6.42 Å². The van der Waals surface area contributed by atoms with Gasteiger partial charge in [0.1, 0.15) is 17.2 Å². The maximum Gasteiger partial charge on any atom is 0.343 e. The third-order valence-corrected chi connectivity index (χ3v) is 4.20. The van der Waals surface area contributed by atoms with Crippen molar-refractivity contribution in [1.29, 1.82) is 5.26 Å². The highest BCUT2D eigenvalue weighted by Gasteiger charge is 2.10. The fourth-order valence-corrected chi connectivity index (χ4v) is 2.66. The minimum Gasteiger partial charge on any atom is -0.423 e. The van der Waals surface area contributed by atoms with Crippen molar-refractivity contribution >= 4 is 5.97 Å². The summed E-state index contributed by atoms with van der Waals surface area (Å²) in [6.45, 7) is 2.17. The van der Waals surface area contributed by atoms with Crippen molar-refractivity contribution in [1.82, 2.24) is 5.16 Å². The van der Waals surface area contributed by atoms with E-state index in [2.05, 4.69) is 12.1 Å². The number of aromatic nitrogens is 1. The van der Waals surface area contributed by atoms with Crippen LogP contribution in [0.2, 0.25) is 0 Å². The molecule has 0 fully saturated rings. The van der Waals surface area contributed by atoms with E-state index in [9.17, 15) is 4.79 Å². The number of hydrogen-bond acceptors (Lipinski definition) is 5. The van der Waals surface area contributed by atoms with Crippen molar-refractivity contribution in [2.45, 2.75) is 32.6 Å². The van der Waals surface area contributed by atoms with Crippen molar-refractivity contribution in [3.8, 4) is 23.1 Å². The van der Waals surface area contributed by atoms with Crippen LogP contribution in [0, 0.1) is 11.3 Å². The molecule has 5 heteroatoms. The van der Waals surface area contributed by atoms with Crippen LogP contribution in [-0.4, -0.2) is 11.1 Å². The minimum atomic E-state index is -0.466. The van der Waals surface area contributed by atoms with Crippen LogP contribution in [0.15, 0.2) is 59.1 Å². The van der Waals surface area contributed by atoms with Crippen molar-refractivity contribution in [2.24, 2.45) is 0 Å². The van der Waals surface area contributed by atoms with Crippen molar-refractivity contribution in [3.63, 3.8) is 0 Å². The Bertz CT molecular complexity index is 935. The summed E-state index contributed by atoms with van der Waals surface area (Å²) in [5.41, 5.74) is 2.56. The third-order valence-electron chi connectivity index (χ3n) is 4.20. The van der Waals surface area contributed by atoms with Gasteiger partial charge in [-0.1, -0.05) is 24.9 Å². The van der Waals surface area contributed by atoms with Crippen LogP contribution in [0.25, 0.3) is 11.3 Å². The molecule has 0 aliphatic carbocycles. The molecule has 2 aromatic carbocycles. The number of nitriles is 1. The first-order valence-electron chi connectivity index (χ1n) is 8.98. The average molecular weight is 360 g/mol. The van der Waals surface area contributed by atoms with Gasteiger partial charge in [-0.3, -0.25) is 0 Å². The Hall–Kier alpha value is -3.39. The second-order valence-corrected chi connectivity index (χ2v) is 6.24. The van der Waals surface area contributed by atoms with Gasteiger partial charge in [-0.2, -0.15) is 5.26 Å². The third kappa shape index (κ3) is 4.83.